The molecule has 26 heavy (non-hydrogen) atoms. The first-order valence-electron chi connectivity index (χ1n) is 8.42. The molecule has 0 N–H and O–H groups in total. The van der Waals surface area contributed by atoms with Crippen LogP contribution in [0.1, 0.15) is 24.0 Å². The molecule has 0 aromatic heterocycles. The van der Waals surface area contributed by atoms with Gasteiger partial charge in [0.25, 0.3) is 0 Å². The zero-order chi connectivity index (χ0) is 18.9. The molecule has 0 saturated carbocycles. The third kappa shape index (κ3) is 6.35. The van der Waals surface area contributed by atoms with Crippen LogP contribution in [0, 0.1) is 6.92 Å². The largest absolute Gasteiger partial charge is 0.493 e. The van der Waals surface area contributed by atoms with Crippen LogP contribution in [0.2, 0.25) is 0 Å². The van der Waals surface area contributed by atoms with Crippen LogP contribution in [0.4, 0.5) is 8.78 Å². The number of benzene rings is 2. The fourth-order valence-corrected chi connectivity index (χ4v) is 2.45. The Morgan fingerprint density at radius 3 is 2.46 bits per heavy atom. The highest BCUT2D eigenvalue weighted by molar-refractivity contribution is 5.75. The first-order valence-corrected chi connectivity index (χ1v) is 8.42. The van der Waals surface area contributed by atoms with Gasteiger partial charge in [-0.3, -0.25) is 4.79 Å². The second kappa shape index (κ2) is 9.75. The van der Waals surface area contributed by atoms with E-state index in [2.05, 4.69) is 4.74 Å². The fraction of sp³-hybridized carbons (Fsp3) is 0.350. The van der Waals surface area contributed by atoms with Gasteiger partial charge >= 0.3 is 6.61 Å². The van der Waals surface area contributed by atoms with E-state index in [4.69, 9.17) is 4.74 Å². The summed E-state index contributed by atoms with van der Waals surface area (Å²) in [5.74, 6) is 0.941. The summed E-state index contributed by atoms with van der Waals surface area (Å²) >= 11 is 0. The van der Waals surface area contributed by atoms with E-state index in [-0.39, 0.29) is 11.7 Å². The van der Waals surface area contributed by atoms with Crippen LogP contribution in [-0.4, -0.2) is 31.1 Å². The van der Waals surface area contributed by atoms with Gasteiger partial charge in [0.1, 0.15) is 11.5 Å². The summed E-state index contributed by atoms with van der Waals surface area (Å²) in [7, 11) is 1.72. The topological polar surface area (TPSA) is 38.8 Å². The zero-order valence-corrected chi connectivity index (χ0v) is 15.0. The second-order valence-electron chi connectivity index (χ2n) is 5.99. The van der Waals surface area contributed by atoms with Crippen LogP contribution < -0.4 is 9.47 Å². The van der Waals surface area contributed by atoms with Crippen LogP contribution in [0.25, 0.3) is 0 Å². The highest BCUT2D eigenvalue weighted by atomic mass is 19.3. The third-order valence-electron chi connectivity index (χ3n) is 3.88. The van der Waals surface area contributed by atoms with Gasteiger partial charge in [-0.2, -0.15) is 8.78 Å². The molecule has 4 nitrogen and oxygen atoms in total. The van der Waals surface area contributed by atoms with Gasteiger partial charge in [-0.25, -0.2) is 0 Å². The molecule has 0 aliphatic heterocycles. The molecular weight excluding hydrogens is 340 g/mol. The average Bonchev–Trinajstić information content (AvgIpc) is 2.61. The molecule has 0 aliphatic carbocycles. The van der Waals surface area contributed by atoms with E-state index in [1.54, 1.807) is 24.1 Å². The van der Waals surface area contributed by atoms with Crippen LogP contribution in [0.15, 0.2) is 48.5 Å². The van der Waals surface area contributed by atoms with Crippen molar-refractivity contribution in [2.75, 3.05) is 13.7 Å². The molecule has 0 saturated heterocycles. The molecule has 2 aromatic rings. The fourth-order valence-electron chi connectivity index (χ4n) is 2.45. The molecule has 0 bridgehead atoms. The number of para-hydroxylation sites is 1. The molecule has 0 spiro atoms. The number of nitrogens with zero attached hydrogens (tertiary/aromatic N) is 1. The number of hydrogen-bond acceptors (Lipinski definition) is 3. The van der Waals surface area contributed by atoms with Crippen molar-refractivity contribution in [3.63, 3.8) is 0 Å². The van der Waals surface area contributed by atoms with Crippen molar-refractivity contribution in [2.45, 2.75) is 32.9 Å². The van der Waals surface area contributed by atoms with E-state index < -0.39 is 6.61 Å². The van der Waals surface area contributed by atoms with Crippen molar-refractivity contribution >= 4 is 5.91 Å². The van der Waals surface area contributed by atoms with E-state index in [0.29, 0.717) is 26.0 Å². The molecule has 0 fully saturated rings. The van der Waals surface area contributed by atoms with Gasteiger partial charge < -0.3 is 14.4 Å². The molecule has 140 valence electrons. The standard InChI is InChI=1S/C20H23F2NO3/c1-15-6-3-4-7-18(15)25-13-5-8-19(24)23(2)14-16-9-11-17(12-10-16)26-20(21)22/h3-4,6-7,9-12,20H,5,8,13-14H2,1-2H3. The summed E-state index contributed by atoms with van der Waals surface area (Å²) < 4.78 is 34.2. The highest BCUT2D eigenvalue weighted by Crippen LogP contribution is 2.17. The summed E-state index contributed by atoms with van der Waals surface area (Å²) in [4.78, 5) is 13.8. The van der Waals surface area contributed by atoms with E-state index in [1.165, 1.54) is 12.1 Å². The Bertz CT molecular complexity index is 704. The molecule has 2 rings (SSSR count). The maximum absolute atomic E-state index is 12.2. The van der Waals surface area contributed by atoms with Crippen LogP contribution in [0.5, 0.6) is 11.5 Å². The zero-order valence-electron chi connectivity index (χ0n) is 15.0. The van der Waals surface area contributed by atoms with E-state index in [9.17, 15) is 13.6 Å². The number of rotatable bonds is 9. The predicted molar refractivity (Wildman–Crippen MR) is 95.5 cm³/mol. The number of amides is 1. The maximum atomic E-state index is 12.2. The smallest absolute Gasteiger partial charge is 0.387 e. The average molecular weight is 363 g/mol. The monoisotopic (exact) mass is 363 g/mol. The minimum absolute atomic E-state index is 0.00582. The normalized spacial score (nSPS) is 10.7. The Morgan fingerprint density at radius 1 is 1.12 bits per heavy atom. The predicted octanol–water partition coefficient (Wildman–Crippen LogP) is 4.41. The van der Waals surface area contributed by atoms with Crippen LogP contribution in [-0.2, 0) is 11.3 Å². The van der Waals surface area contributed by atoms with Gasteiger partial charge in [0.05, 0.1) is 6.61 Å². The van der Waals surface area contributed by atoms with Crippen LogP contribution >= 0.6 is 0 Å². The minimum Gasteiger partial charge on any atom is -0.493 e. The summed E-state index contributed by atoms with van der Waals surface area (Å²) in [5.41, 5.74) is 1.91. The molecule has 0 atom stereocenters. The Kier molecular flexibility index (Phi) is 7.38. The number of carbonyl (C=O) groups is 1. The van der Waals surface area contributed by atoms with Crippen LogP contribution in [0.3, 0.4) is 0 Å². The molecule has 6 heteroatoms. The van der Waals surface area contributed by atoms with Gasteiger partial charge in [-0.15, -0.1) is 0 Å². The van der Waals surface area contributed by atoms with Crippen molar-refractivity contribution in [2.24, 2.45) is 0 Å². The summed E-state index contributed by atoms with van der Waals surface area (Å²) in [5, 5.41) is 0. The van der Waals surface area contributed by atoms with Crippen molar-refractivity contribution in [1.82, 2.24) is 4.90 Å². The lowest BCUT2D eigenvalue weighted by molar-refractivity contribution is -0.130. The number of alkyl halides is 2. The number of aryl methyl sites for hydroxylation is 1. The molecule has 0 heterocycles. The summed E-state index contributed by atoms with van der Waals surface area (Å²) in [6, 6.07) is 14.0. The van der Waals surface area contributed by atoms with Gasteiger partial charge in [-0.1, -0.05) is 30.3 Å². The van der Waals surface area contributed by atoms with Crippen molar-refractivity contribution < 1.29 is 23.0 Å². The maximum Gasteiger partial charge on any atom is 0.387 e. The molecule has 1 amide bonds. The van der Waals surface area contributed by atoms with Gasteiger partial charge in [-0.05, 0) is 42.7 Å². The second-order valence-corrected chi connectivity index (χ2v) is 5.99. The Labute approximate surface area is 152 Å². The SMILES string of the molecule is Cc1ccccc1OCCCC(=O)N(C)Cc1ccc(OC(F)F)cc1. The summed E-state index contributed by atoms with van der Waals surface area (Å²) in [6.07, 6.45) is 1.01. The third-order valence-corrected chi connectivity index (χ3v) is 3.88. The lowest BCUT2D eigenvalue weighted by Crippen LogP contribution is -2.26. The number of halogens is 2. The Hall–Kier alpha value is -2.63. The highest BCUT2D eigenvalue weighted by Gasteiger charge is 2.10. The number of hydrogen-bond donors (Lipinski definition) is 0. The van der Waals surface area contributed by atoms with E-state index >= 15 is 0 Å². The number of carbonyl (C=O) groups excluding carboxylic acids is 1. The molecule has 2 aromatic carbocycles. The molecule has 0 radical (unpaired) electrons. The van der Waals surface area contributed by atoms with Gasteiger partial charge in [0, 0.05) is 20.0 Å². The first-order chi connectivity index (χ1) is 12.5. The molecule has 0 aliphatic rings. The van der Waals surface area contributed by atoms with E-state index in [0.717, 1.165) is 16.9 Å². The van der Waals surface area contributed by atoms with Crippen molar-refractivity contribution in [1.29, 1.82) is 0 Å². The van der Waals surface area contributed by atoms with Gasteiger partial charge in [0.2, 0.25) is 5.91 Å². The first kappa shape index (κ1) is 19.7. The number of ether oxygens (including phenoxy) is 2. The minimum atomic E-state index is -2.84. The molecule has 0 unspecified atom stereocenters. The van der Waals surface area contributed by atoms with Crippen molar-refractivity contribution in [3.8, 4) is 11.5 Å². The summed E-state index contributed by atoms with van der Waals surface area (Å²) in [6.45, 7) is 0.0228. The van der Waals surface area contributed by atoms with Gasteiger partial charge in [0.15, 0.2) is 0 Å². The lowest BCUT2D eigenvalue weighted by atomic mass is 10.2. The van der Waals surface area contributed by atoms with E-state index in [1.807, 2.05) is 31.2 Å². The Morgan fingerprint density at radius 2 is 1.81 bits per heavy atom. The van der Waals surface area contributed by atoms with Crippen molar-refractivity contribution in [3.05, 3.63) is 59.7 Å². The molecular formula is C20H23F2NO3. The lowest BCUT2D eigenvalue weighted by Gasteiger charge is -2.18. The quantitative estimate of drug-likeness (QED) is 0.619. The Balaban J connectivity index is 1.72.